The average molecular weight is 354 g/mol. The van der Waals surface area contributed by atoms with Gasteiger partial charge in [-0.05, 0) is 47.3 Å². The number of ether oxygens (including phenoxy) is 1. The van der Waals surface area contributed by atoms with Crippen LogP contribution in [0.1, 0.15) is 37.5 Å². The van der Waals surface area contributed by atoms with Gasteiger partial charge in [0.2, 0.25) is 11.7 Å². The van der Waals surface area contributed by atoms with Crippen LogP contribution in [-0.2, 0) is 19.4 Å². The molecule has 0 amide bonds. The van der Waals surface area contributed by atoms with Crippen molar-refractivity contribution >= 4 is 15.9 Å². The average Bonchev–Trinajstić information content (AvgIpc) is 2.86. The second kappa shape index (κ2) is 7.56. The van der Waals surface area contributed by atoms with Gasteiger partial charge >= 0.3 is 0 Å². The summed E-state index contributed by atoms with van der Waals surface area (Å²) in [5, 5.41) is 3.92. The molecule has 6 heteroatoms. The highest BCUT2D eigenvalue weighted by molar-refractivity contribution is 9.10. The van der Waals surface area contributed by atoms with Crippen molar-refractivity contribution < 1.29 is 9.26 Å². The number of hydrogen-bond acceptors (Lipinski definition) is 5. The van der Waals surface area contributed by atoms with Crippen LogP contribution in [0.15, 0.2) is 27.2 Å². The van der Waals surface area contributed by atoms with Crippen molar-refractivity contribution in [1.82, 2.24) is 10.1 Å². The van der Waals surface area contributed by atoms with Crippen LogP contribution in [-0.4, -0.2) is 16.2 Å². The van der Waals surface area contributed by atoms with Gasteiger partial charge in [-0.2, -0.15) is 4.98 Å². The summed E-state index contributed by atoms with van der Waals surface area (Å²) in [6, 6.07) is 6.01. The van der Waals surface area contributed by atoms with Crippen LogP contribution in [0.5, 0.6) is 5.75 Å². The van der Waals surface area contributed by atoms with Crippen molar-refractivity contribution in [3.05, 3.63) is 40.0 Å². The second-order valence-electron chi connectivity index (χ2n) is 5.05. The first-order chi connectivity index (χ1) is 10.1. The number of aromatic nitrogens is 2. The van der Waals surface area contributed by atoms with Crippen LogP contribution in [0.2, 0.25) is 0 Å². The number of nitrogens with zero attached hydrogens (tertiary/aromatic N) is 2. The molecule has 0 bridgehead atoms. The van der Waals surface area contributed by atoms with E-state index in [0.29, 0.717) is 11.7 Å². The van der Waals surface area contributed by atoms with E-state index in [9.17, 15) is 0 Å². The minimum atomic E-state index is 0.0722. The van der Waals surface area contributed by atoms with E-state index in [-0.39, 0.29) is 12.6 Å². The Morgan fingerprint density at radius 2 is 2.24 bits per heavy atom. The molecule has 1 aromatic heterocycles. The van der Waals surface area contributed by atoms with Gasteiger partial charge in [-0.15, -0.1) is 0 Å². The molecule has 1 atom stereocenters. The Bertz CT molecular complexity index is 584. The third-order valence-corrected chi connectivity index (χ3v) is 3.53. The number of para-hydroxylation sites is 1. The summed E-state index contributed by atoms with van der Waals surface area (Å²) < 4.78 is 11.9. The molecular weight excluding hydrogens is 334 g/mol. The zero-order chi connectivity index (χ0) is 15.2. The molecule has 0 saturated heterocycles. The zero-order valence-corrected chi connectivity index (χ0v) is 13.9. The highest BCUT2D eigenvalue weighted by Gasteiger charge is 2.12. The Morgan fingerprint density at radius 1 is 1.43 bits per heavy atom. The Hall–Kier alpha value is -1.40. The molecule has 0 aliphatic rings. The van der Waals surface area contributed by atoms with Gasteiger partial charge in [0.05, 0.1) is 4.47 Å². The van der Waals surface area contributed by atoms with E-state index in [2.05, 4.69) is 33.0 Å². The summed E-state index contributed by atoms with van der Waals surface area (Å²) in [6.07, 6.45) is 2.52. The summed E-state index contributed by atoms with van der Waals surface area (Å²) in [7, 11) is 0. The van der Waals surface area contributed by atoms with E-state index >= 15 is 0 Å². The lowest BCUT2D eigenvalue weighted by atomic mass is 10.1. The van der Waals surface area contributed by atoms with Gasteiger partial charge in [0.25, 0.3) is 0 Å². The third-order valence-electron chi connectivity index (χ3n) is 2.91. The molecule has 2 aromatic rings. The number of rotatable bonds is 7. The fourth-order valence-corrected chi connectivity index (χ4v) is 2.55. The van der Waals surface area contributed by atoms with Crippen LogP contribution in [0.4, 0.5) is 0 Å². The lowest BCUT2D eigenvalue weighted by molar-refractivity contribution is 0.280. The smallest absolute Gasteiger partial charge is 0.226 e. The maximum absolute atomic E-state index is 5.88. The number of halogens is 1. The molecule has 1 unspecified atom stereocenters. The van der Waals surface area contributed by atoms with E-state index in [1.807, 2.05) is 25.1 Å². The molecule has 0 spiro atoms. The van der Waals surface area contributed by atoms with Crippen molar-refractivity contribution in [2.45, 2.75) is 45.8 Å². The summed E-state index contributed by atoms with van der Waals surface area (Å²) in [5.41, 5.74) is 6.94. The summed E-state index contributed by atoms with van der Waals surface area (Å²) in [4.78, 5) is 4.29. The van der Waals surface area contributed by atoms with Crippen LogP contribution in [0.25, 0.3) is 0 Å². The van der Waals surface area contributed by atoms with E-state index in [1.165, 1.54) is 0 Å². The van der Waals surface area contributed by atoms with Crippen LogP contribution in [0, 0.1) is 0 Å². The van der Waals surface area contributed by atoms with Crippen LogP contribution in [0.3, 0.4) is 0 Å². The largest absolute Gasteiger partial charge is 0.484 e. The van der Waals surface area contributed by atoms with Gasteiger partial charge in [0.1, 0.15) is 5.75 Å². The molecule has 0 saturated carbocycles. The molecule has 1 aromatic carbocycles. The third kappa shape index (κ3) is 4.54. The van der Waals surface area contributed by atoms with Crippen molar-refractivity contribution in [2.24, 2.45) is 5.73 Å². The molecule has 0 fully saturated rings. The Balaban J connectivity index is 2.07. The van der Waals surface area contributed by atoms with E-state index in [1.54, 1.807) is 0 Å². The fourth-order valence-electron chi connectivity index (χ4n) is 2.02. The number of aryl methyl sites for hydroxylation is 1. The number of hydrogen-bond donors (Lipinski definition) is 1. The first kappa shape index (κ1) is 16.0. The molecule has 114 valence electrons. The lowest BCUT2D eigenvalue weighted by Crippen LogP contribution is -2.18. The van der Waals surface area contributed by atoms with E-state index in [4.69, 9.17) is 15.0 Å². The molecule has 1 heterocycles. The molecule has 2 N–H and O–H groups in total. The van der Waals surface area contributed by atoms with Gasteiger partial charge in [-0.25, -0.2) is 0 Å². The predicted octanol–water partition coefficient (Wildman–Crippen LogP) is 3.25. The van der Waals surface area contributed by atoms with Crippen molar-refractivity contribution in [3.63, 3.8) is 0 Å². The zero-order valence-electron chi connectivity index (χ0n) is 12.3. The van der Waals surface area contributed by atoms with Crippen LogP contribution < -0.4 is 10.5 Å². The predicted molar refractivity (Wildman–Crippen MR) is 84.1 cm³/mol. The molecule has 0 aliphatic heterocycles. The maximum Gasteiger partial charge on any atom is 0.226 e. The standard InChI is InChI=1S/C15H20BrN3O2/c1-3-5-14-18-13(19-21-14)9-20-15-11(8-10(2)17)6-4-7-12(15)16/h4,6-7,10H,3,5,8-9,17H2,1-2H3. The van der Waals surface area contributed by atoms with Gasteiger partial charge < -0.3 is 15.0 Å². The van der Waals surface area contributed by atoms with Crippen molar-refractivity contribution in [2.75, 3.05) is 0 Å². The molecular formula is C15H20BrN3O2. The molecule has 21 heavy (non-hydrogen) atoms. The Kier molecular flexibility index (Phi) is 5.76. The van der Waals surface area contributed by atoms with Crippen molar-refractivity contribution in [1.29, 1.82) is 0 Å². The maximum atomic E-state index is 5.88. The van der Waals surface area contributed by atoms with Crippen molar-refractivity contribution in [3.8, 4) is 5.75 Å². The topological polar surface area (TPSA) is 74.2 Å². The highest BCUT2D eigenvalue weighted by Crippen LogP contribution is 2.30. The minimum Gasteiger partial charge on any atom is -0.484 e. The quantitative estimate of drug-likeness (QED) is 0.826. The molecule has 0 radical (unpaired) electrons. The van der Waals surface area contributed by atoms with Crippen LogP contribution >= 0.6 is 15.9 Å². The molecule has 0 aliphatic carbocycles. The minimum absolute atomic E-state index is 0.0722. The number of nitrogens with two attached hydrogens (primary N) is 1. The fraction of sp³-hybridized carbons (Fsp3) is 0.467. The summed E-state index contributed by atoms with van der Waals surface area (Å²) in [5.74, 6) is 2.00. The Labute approximate surface area is 133 Å². The monoisotopic (exact) mass is 353 g/mol. The summed E-state index contributed by atoms with van der Waals surface area (Å²) >= 11 is 3.51. The number of benzene rings is 1. The summed E-state index contributed by atoms with van der Waals surface area (Å²) in [6.45, 7) is 4.32. The molecule has 2 rings (SSSR count). The van der Waals surface area contributed by atoms with Gasteiger partial charge in [-0.1, -0.05) is 24.2 Å². The SMILES string of the molecule is CCCc1nc(COc2c(Br)cccc2CC(C)N)no1. The second-order valence-corrected chi connectivity index (χ2v) is 5.91. The lowest BCUT2D eigenvalue weighted by Gasteiger charge is -2.13. The van der Waals surface area contributed by atoms with Gasteiger partial charge in [0, 0.05) is 12.5 Å². The Morgan fingerprint density at radius 3 is 2.95 bits per heavy atom. The highest BCUT2D eigenvalue weighted by atomic mass is 79.9. The van der Waals surface area contributed by atoms with Gasteiger partial charge in [-0.3, -0.25) is 0 Å². The van der Waals surface area contributed by atoms with E-state index in [0.717, 1.165) is 35.0 Å². The van der Waals surface area contributed by atoms with E-state index < -0.39 is 0 Å². The van der Waals surface area contributed by atoms with Gasteiger partial charge in [0.15, 0.2) is 6.61 Å². The first-order valence-corrected chi connectivity index (χ1v) is 7.86. The normalized spacial score (nSPS) is 12.4. The molecule has 5 nitrogen and oxygen atoms in total. The first-order valence-electron chi connectivity index (χ1n) is 7.07.